The zero-order valence-electron chi connectivity index (χ0n) is 18.7. The van der Waals surface area contributed by atoms with Crippen molar-refractivity contribution in [2.75, 3.05) is 11.4 Å². The van der Waals surface area contributed by atoms with E-state index < -0.39 is 47.6 Å². The van der Waals surface area contributed by atoms with Crippen LogP contribution in [-0.2, 0) is 19.7 Å². The molecule has 0 unspecified atom stereocenters. The molecule has 3 rings (SSSR count). The minimum absolute atomic E-state index is 0.237. The molecule has 9 heteroatoms. The Morgan fingerprint density at radius 1 is 1.12 bits per heavy atom. The molecule has 0 aromatic heterocycles. The van der Waals surface area contributed by atoms with Crippen LogP contribution >= 0.6 is 0 Å². The van der Waals surface area contributed by atoms with E-state index in [9.17, 15) is 27.6 Å². The lowest BCUT2D eigenvalue weighted by molar-refractivity contribution is -0.173. The van der Waals surface area contributed by atoms with E-state index in [0.717, 1.165) is 11.1 Å². The number of hydrogen-bond donors (Lipinski definition) is 1. The number of para-hydroxylation sites is 1. The number of carbonyl (C=O) groups is 3. The summed E-state index contributed by atoms with van der Waals surface area (Å²) in [6.07, 6.45) is -5.12. The summed E-state index contributed by atoms with van der Waals surface area (Å²) in [5.41, 5.74) is 0.906. The number of nitrogens with one attached hydrogen (secondary N) is 1. The van der Waals surface area contributed by atoms with Crippen molar-refractivity contribution in [3.63, 3.8) is 0 Å². The summed E-state index contributed by atoms with van der Waals surface area (Å²) in [5, 5.41) is 1.70. The molecule has 174 valence electrons. The maximum absolute atomic E-state index is 13.5. The predicted octanol–water partition coefficient (Wildman–Crippen LogP) is 4.43. The highest BCUT2D eigenvalue weighted by molar-refractivity contribution is 6.04. The number of anilines is 1. The third kappa shape index (κ3) is 4.12. The Bertz CT molecular complexity index is 994. The van der Waals surface area contributed by atoms with Gasteiger partial charge in [-0.2, -0.15) is 13.2 Å². The molecule has 1 N–H and O–H groups in total. The number of alkyl halides is 3. The number of allylic oxidation sites excluding steroid dienone is 1. The fourth-order valence-electron chi connectivity index (χ4n) is 4.53. The summed E-state index contributed by atoms with van der Waals surface area (Å²) in [7, 11) is 0. The average molecular weight is 452 g/mol. The molecule has 1 aliphatic carbocycles. The van der Waals surface area contributed by atoms with Crippen LogP contribution in [0.2, 0.25) is 0 Å². The number of hydrogen-bond acceptors (Lipinski definition) is 4. The molecule has 2 amide bonds. The molecule has 32 heavy (non-hydrogen) atoms. The summed E-state index contributed by atoms with van der Waals surface area (Å²) in [6, 6.07) is 6.19. The molecule has 1 aromatic rings. The highest BCUT2D eigenvalue weighted by Gasteiger charge is 2.59. The van der Waals surface area contributed by atoms with Gasteiger partial charge in [-0.05, 0) is 59.1 Å². The van der Waals surface area contributed by atoms with Gasteiger partial charge in [-0.1, -0.05) is 29.3 Å². The minimum atomic E-state index is -5.09. The molecule has 0 bridgehead atoms. The number of rotatable bonds is 3. The van der Waals surface area contributed by atoms with Crippen LogP contribution in [-0.4, -0.2) is 42.1 Å². The van der Waals surface area contributed by atoms with E-state index in [4.69, 9.17) is 4.74 Å². The second-order valence-electron chi connectivity index (χ2n) is 9.40. The summed E-state index contributed by atoms with van der Waals surface area (Å²) in [6.45, 7) is 8.17. The number of ketones is 1. The largest absolute Gasteiger partial charge is 0.471 e. The highest BCUT2D eigenvalue weighted by Crippen LogP contribution is 2.54. The summed E-state index contributed by atoms with van der Waals surface area (Å²) in [5.74, 6) is -2.75. The summed E-state index contributed by atoms with van der Waals surface area (Å²) >= 11 is 0. The zero-order valence-corrected chi connectivity index (χ0v) is 18.7. The smallest absolute Gasteiger partial charge is 0.443 e. The van der Waals surface area contributed by atoms with Crippen LogP contribution in [0.3, 0.4) is 0 Å². The van der Waals surface area contributed by atoms with E-state index >= 15 is 0 Å². The Hall–Kier alpha value is -2.84. The van der Waals surface area contributed by atoms with E-state index in [2.05, 4.69) is 0 Å². The zero-order chi connectivity index (χ0) is 24.1. The van der Waals surface area contributed by atoms with Crippen LogP contribution in [0, 0.1) is 0 Å². The average Bonchev–Trinajstić information content (AvgIpc) is 2.94. The quantitative estimate of drug-likeness (QED) is 0.689. The Morgan fingerprint density at radius 2 is 1.75 bits per heavy atom. The first-order valence-electron chi connectivity index (χ1n) is 10.3. The van der Waals surface area contributed by atoms with Crippen LogP contribution in [0.5, 0.6) is 0 Å². The molecular formula is C23H27F3N2O4. The monoisotopic (exact) mass is 452 g/mol. The van der Waals surface area contributed by atoms with Crippen molar-refractivity contribution in [3.05, 3.63) is 41.0 Å². The van der Waals surface area contributed by atoms with Gasteiger partial charge in [0.25, 0.3) is 0 Å². The van der Waals surface area contributed by atoms with Crippen molar-refractivity contribution in [3.8, 4) is 0 Å². The normalized spacial score (nSPS) is 22.9. The maximum Gasteiger partial charge on any atom is 0.471 e. The molecule has 0 saturated heterocycles. The van der Waals surface area contributed by atoms with Gasteiger partial charge in [0.05, 0.1) is 23.7 Å². The molecule has 1 aliphatic heterocycles. The Kier molecular flexibility index (Phi) is 5.91. The molecule has 1 heterocycles. The number of fused-ring (bicyclic) bond motifs is 3. The van der Waals surface area contributed by atoms with Crippen LogP contribution in [0.25, 0.3) is 0 Å². The molecular weight excluding hydrogens is 425 g/mol. The first-order chi connectivity index (χ1) is 14.7. The van der Waals surface area contributed by atoms with E-state index in [1.165, 1.54) is 4.90 Å². The third-order valence-electron chi connectivity index (χ3n) is 6.05. The van der Waals surface area contributed by atoms with Gasteiger partial charge in [0.15, 0.2) is 5.78 Å². The SMILES string of the molecule is CC1=C(C)C[C@]2(C(=O)CNC(=O)C(F)(F)F)c3ccccc3N(C(=O)OC(C)(C)C)[C@@H]2C1. The lowest BCUT2D eigenvalue weighted by Crippen LogP contribution is -2.56. The van der Waals surface area contributed by atoms with Crippen molar-refractivity contribution in [2.45, 2.75) is 70.7 Å². The number of ether oxygens (including phenoxy) is 1. The van der Waals surface area contributed by atoms with E-state index in [1.807, 2.05) is 13.8 Å². The van der Waals surface area contributed by atoms with Crippen molar-refractivity contribution in [1.29, 1.82) is 0 Å². The molecule has 0 radical (unpaired) electrons. The van der Waals surface area contributed by atoms with Gasteiger partial charge in [-0.3, -0.25) is 14.5 Å². The fourth-order valence-corrected chi connectivity index (χ4v) is 4.53. The number of benzene rings is 1. The van der Waals surface area contributed by atoms with Crippen molar-refractivity contribution in [2.24, 2.45) is 0 Å². The van der Waals surface area contributed by atoms with Gasteiger partial charge in [0.1, 0.15) is 5.60 Å². The molecule has 0 spiro atoms. The Labute approximate surface area is 184 Å². The second kappa shape index (κ2) is 7.94. The fraction of sp³-hybridized carbons (Fsp3) is 0.522. The standard InChI is InChI=1S/C23H27F3N2O4/c1-13-10-17-22(11-14(13)2,18(29)12-27-19(30)23(24,25)26)15-8-6-7-9-16(15)28(17)20(31)32-21(3,4)5/h6-9,17H,10-12H2,1-5H3,(H,27,30)/t17-,22+/m1/s1. The number of nitrogens with zero attached hydrogens (tertiary/aromatic N) is 1. The van der Waals surface area contributed by atoms with E-state index in [-0.39, 0.29) is 6.42 Å². The third-order valence-corrected chi connectivity index (χ3v) is 6.05. The van der Waals surface area contributed by atoms with Crippen molar-refractivity contribution >= 4 is 23.5 Å². The van der Waals surface area contributed by atoms with Crippen molar-refractivity contribution < 1.29 is 32.3 Å². The van der Waals surface area contributed by atoms with E-state index in [1.54, 1.807) is 50.4 Å². The van der Waals surface area contributed by atoms with Gasteiger partial charge in [0.2, 0.25) is 0 Å². The maximum atomic E-state index is 13.5. The molecule has 2 aliphatic rings. The van der Waals surface area contributed by atoms with Crippen LogP contribution in [0.15, 0.2) is 35.4 Å². The second-order valence-corrected chi connectivity index (χ2v) is 9.40. The van der Waals surface area contributed by atoms with E-state index in [0.29, 0.717) is 17.7 Å². The van der Waals surface area contributed by atoms with Crippen LogP contribution in [0.4, 0.5) is 23.7 Å². The van der Waals surface area contributed by atoms with Crippen LogP contribution < -0.4 is 10.2 Å². The number of carbonyl (C=O) groups excluding carboxylic acids is 3. The van der Waals surface area contributed by atoms with Gasteiger partial charge < -0.3 is 10.1 Å². The highest BCUT2D eigenvalue weighted by atomic mass is 19.4. The number of amides is 2. The Balaban J connectivity index is 2.08. The summed E-state index contributed by atoms with van der Waals surface area (Å²) in [4.78, 5) is 39.5. The molecule has 1 aromatic carbocycles. The Morgan fingerprint density at radius 3 is 2.34 bits per heavy atom. The molecule has 6 nitrogen and oxygen atoms in total. The number of Topliss-reactive ketones (excluding diaryl/α,β-unsaturated/α-hetero) is 1. The van der Waals surface area contributed by atoms with Crippen molar-refractivity contribution in [1.82, 2.24) is 5.32 Å². The lowest BCUT2D eigenvalue weighted by Gasteiger charge is -2.42. The van der Waals surface area contributed by atoms with Gasteiger partial charge in [-0.15, -0.1) is 0 Å². The molecule has 0 saturated carbocycles. The van der Waals surface area contributed by atoms with Gasteiger partial charge in [0, 0.05) is 0 Å². The summed E-state index contributed by atoms with van der Waals surface area (Å²) < 4.78 is 43.7. The van der Waals surface area contributed by atoms with Crippen LogP contribution in [0.1, 0.15) is 53.0 Å². The molecule has 0 fully saturated rings. The predicted molar refractivity (Wildman–Crippen MR) is 112 cm³/mol. The first kappa shape index (κ1) is 23.8. The van der Waals surface area contributed by atoms with Gasteiger partial charge in [-0.25, -0.2) is 4.79 Å². The minimum Gasteiger partial charge on any atom is -0.443 e. The number of halogens is 3. The first-order valence-corrected chi connectivity index (χ1v) is 10.3. The topological polar surface area (TPSA) is 75.7 Å². The lowest BCUT2D eigenvalue weighted by atomic mass is 9.64. The molecule has 2 atom stereocenters. The van der Waals surface area contributed by atoms with Gasteiger partial charge >= 0.3 is 18.2 Å².